The second kappa shape index (κ2) is 7.39. The maximum Gasteiger partial charge on any atom is 0.121 e. The van der Waals surface area contributed by atoms with E-state index in [2.05, 4.69) is 42.5 Å². The van der Waals surface area contributed by atoms with E-state index >= 15 is 0 Å². The van der Waals surface area contributed by atoms with Crippen molar-refractivity contribution in [2.24, 2.45) is 5.92 Å². The van der Waals surface area contributed by atoms with Crippen LogP contribution < -0.4 is 10.1 Å². The molecule has 3 nitrogen and oxygen atoms in total. The van der Waals surface area contributed by atoms with Gasteiger partial charge in [0, 0.05) is 24.8 Å². The molecule has 2 rings (SSSR count). The average Bonchev–Trinajstić information content (AvgIpc) is 2.89. The molecule has 0 heterocycles. The van der Waals surface area contributed by atoms with Crippen molar-refractivity contribution >= 4 is 5.69 Å². The van der Waals surface area contributed by atoms with E-state index in [-0.39, 0.29) is 0 Å². The van der Waals surface area contributed by atoms with Gasteiger partial charge in [-0.15, -0.1) is 0 Å². The van der Waals surface area contributed by atoms with Crippen LogP contribution in [0.15, 0.2) is 24.3 Å². The lowest BCUT2D eigenvalue weighted by Crippen LogP contribution is -2.19. The molecule has 0 saturated heterocycles. The first kappa shape index (κ1) is 14.2. The number of hydrogen-bond acceptors (Lipinski definition) is 3. The van der Waals surface area contributed by atoms with Crippen molar-refractivity contribution in [3.63, 3.8) is 0 Å². The van der Waals surface area contributed by atoms with Gasteiger partial charge in [0.1, 0.15) is 12.4 Å². The Morgan fingerprint density at radius 2 is 2.05 bits per heavy atom. The molecule has 0 aliphatic heterocycles. The summed E-state index contributed by atoms with van der Waals surface area (Å²) in [6.45, 7) is 2.78. The van der Waals surface area contributed by atoms with Crippen LogP contribution in [0.5, 0.6) is 5.75 Å². The predicted molar refractivity (Wildman–Crippen MR) is 80.9 cm³/mol. The second-order valence-corrected chi connectivity index (χ2v) is 5.71. The Morgan fingerprint density at radius 1 is 1.26 bits per heavy atom. The number of ether oxygens (including phenoxy) is 1. The fourth-order valence-corrected chi connectivity index (χ4v) is 2.52. The van der Waals surface area contributed by atoms with E-state index in [0.717, 1.165) is 31.4 Å². The van der Waals surface area contributed by atoms with Gasteiger partial charge in [-0.2, -0.15) is 0 Å². The minimum absolute atomic E-state index is 0.735. The Kier molecular flexibility index (Phi) is 5.52. The van der Waals surface area contributed by atoms with E-state index < -0.39 is 0 Å². The Morgan fingerprint density at radius 3 is 2.79 bits per heavy atom. The number of hydrogen-bond donors (Lipinski definition) is 1. The SMILES string of the molecule is CN(C)CCOc1cccc(NCC2CCCC2)c1. The molecule has 0 unspecified atom stereocenters. The van der Waals surface area contributed by atoms with Gasteiger partial charge in [-0.05, 0) is 45.0 Å². The lowest BCUT2D eigenvalue weighted by Gasteiger charge is -2.14. The number of nitrogens with zero attached hydrogens (tertiary/aromatic N) is 1. The molecule has 1 fully saturated rings. The lowest BCUT2D eigenvalue weighted by atomic mass is 10.1. The first-order chi connectivity index (χ1) is 9.24. The highest BCUT2D eigenvalue weighted by Crippen LogP contribution is 2.25. The summed E-state index contributed by atoms with van der Waals surface area (Å²) in [6, 6.07) is 8.30. The van der Waals surface area contributed by atoms with E-state index in [0.29, 0.717) is 0 Å². The van der Waals surface area contributed by atoms with Gasteiger partial charge in [0.2, 0.25) is 0 Å². The molecule has 3 heteroatoms. The Balaban J connectivity index is 1.77. The highest BCUT2D eigenvalue weighted by Gasteiger charge is 2.14. The molecule has 0 spiro atoms. The fraction of sp³-hybridized carbons (Fsp3) is 0.625. The third kappa shape index (κ3) is 5.11. The van der Waals surface area contributed by atoms with E-state index in [1.807, 2.05) is 6.07 Å². The standard InChI is InChI=1S/C16H26N2O/c1-18(2)10-11-19-16-9-5-8-15(12-16)17-13-14-6-3-4-7-14/h5,8-9,12,14,17H,3-4,6-7,10-11,13H2,1-2H3. The molecule has 1 N–H and O–H groups in total. The number of likely N-dealkylation sites (N-methyl/N-ethyl adjacent to an activating group) is 1. The van der Waals surface area contributed by atoms with E-state index in [9.17, 15) is 0 Å². The third-order valence-corrected chi connectivity index (χ3v) is 3.71. The molecule has 0 atom stereocenters. The summed E-state index contributed by atoms with van der Waals surface area (Å²) in [5.74, 6) is 1.82. The van der Waals surface area contributed by atoms with Crippen LogP contribution in [-0.4, -0.2) is 38.7 Å². The molecule has 1 aliphatic carbocycles. The zero-order valence-corrected chi connectivity index (χ0v) is 12.2. The zero-order valence-electron chi connectivity index (χ0n) is 12.2. The van der Waals surface area contributed by atoms with Crippen LogP contribution in [0.4, 0.5) is 5.69 Å². The highest BCUT2D eigenvalue weighted by molar-refractivity contribution is 5.48. The van der Waals surface area contributed by atoms with Gasteiger partial charge < -0.3 is 15.0 Å². The molecule has 0 radical (unpaired) electrons. The van der Waals surface area contributed by atoms with Gasteiger partial charge in [0.25, 0.3) is 0 Å². The minimum Gasteiger partial charge on any atom is -0.492 e. The second-order valence-electron chi connectivity index (χ2n) is 5.71. The van der Waals surface area contributed by atoms with Crippen molar-refractivity contribution in [2.75, 3.05) is 39.1 Å². The number of benzene rings is 1. The van der Waals surface area contributed by atoms with Gasteiger partial charge in [0.05, 0.1) is 0 Å². The van der Waals surface area contributed by atoms with Crippen LogP contribution in [0.3, 0.4) is 0 Å². The van der Waals surface area contributed by atoms with Gasteiger partial charge >= 0.3 is 0 Å². The molecule has 106 valence electrons. The molecular weight excluding hydrogens is 236 g/mol. The maximum absolute atomic E-state index is 5.75. The van der Waals surface area contributed by atoms with Crippen molar-refractivity contribution < 1.29 is 4.74 Å². The predicted octanol–water partition coefficient (Wildman–Crippen LogP) is 3.23. The van der Waals surface area contributed by atoms with Gasteiger partial charge in [-0.25, -0.2) is 0 Å². The summed E-state index contributed by atoms with van der Waals surface area (Å²) in [7, 11) is 4.12. The van der Waals surface area contributed by atoms with E-state index in [1.54, 1.807) is 0 Å². The van der Waals surface area contributed by atoms with Crippen LogP contribution in [-0.2, 0) is 0 Å². The number of anilines is 1. The molecular formula is C16H26N2O. The van der Waals surface area contributed by atoms with Crippen molar-refractivity contribution in [3.8, 4) is 5.75 Å². The third-order valence-electron chi connectivity index (χ3n) is 3.71. The van der Waals surface area contributed by atoms with Crippen LogP contribution in [0.1, 0.15) is 25.7 Å². The van der Waals surface area contributed by atoms with Crippen molar-refractivity contribution in [2.45, 2.75) is 25.7 Å². The van der Waals surface area contributed by atoms with E-state index in [1.165, 1.54) is 31.4 Å². The Labute approximate surface area is 116 Å². The highest BCUT2D eigenvalue weighted by atomic mass is 16.5. The normalized spacial score (nSPS) is 15.9. The molecule has 1 aromatic carbocycles. The first-order valence-corrected chi connectivity index (χ1v) is 7.35. The largest absolute Gasteiger partial charge is 0.492 e. The minimum atomic E-state index is 0.735. The molecule has 19 heavy (non-hydrogen) atoms. The summed E-state index contributed by atoms with van der Waals surface area (Å²) < 4.78 is 5.75. The Bertz CT molecular complexity index is 373. The van der Waals surface area contributed by atoms with Crippen LogP contribution in [0.25, 0.3) is 0 Å². The molecule has 0 amide bonds. The molecule has 1 saturated carbocycles. The summed E-state index contributed by atoms with van der Waals surface area (Å²) in [4.78, 5) is 2.13. The summed E-state index contributed by atoms with van der Waals surface area (Å²) in [6.07, 6.45) is 5.57. The lowest BCUT2D eigenvalue weighted by molar-refractivity contribution is 0.261. The van der Waals surface area contributed by atoms with Crippen molar-refractivity contribution in [1.29, 1.82) is 0 Å². The Hall–Kier alpha value is -1.22. The van der Waals surface area contributed by atoms with Crippen molar-refractivity contribution in [1.82, 2.24) is 4.90 Å². The quantitative estimate of drug-likeness (QED) is 0.816. The molecule has 0 aromatic heterocycles. The van der Waals surface area contributed by atoms with Crippen LogP contribution >= 0.6 is 0 Å². The van der Waals surface area contributed by atoms with Gasteiger partial charge in [0.15, 0.2) is 0 Å². The zero-order chi connectivity index (χ0) is 13.5. The topological polar surface area (TPSA) is 24.5 Å². The molecule has 1 aliphatic rings. The summed E-state index contributed by atoms with van der Waals surface area (Å²) >= 11 is 0. The summed E-state index contributed by atoms with van der Waals surface area (Å²) in [5, 5.41) is 3.54. The fourth-order valence-electron chi connectivity index (χ4n) is 2.52. The number of nitrogens with one attached hydrogen (secondary N) is 1. The maximum atomic E-state index is 5.75. The number of rotatable bonds is 7. The molecule has 1 aromatic rings. The van der Waals surface area contributed by atoms with Crippen LogP contribution in [0.2, 0.25) is 0 Å². The van der Waals surface area contributed by atoms with Crippen LogP contribution in [0, 0.1) is 5.92 Å². The van der Waals surface area contributed by atoms with Gasteiger partial charge in [-0.3, -0.25) is 0 Å². The van der Waals surface area contributed by atoms with Gasteiger partial charge in [-0.1, -0.05) is 18.9 Å². The molecule has 0 bridgehead atoms. The smallest absolute Gasteiger partial charge is 0.121 e. The average molecular weight is 262 g/mol. The van der Waals surface area contributed by atoms with Crippen molar-refractivity contribution in [3.05, 3.63) is 24.3 Å². The monoisotopic (exact) mass is 262 g/mol. The van der Waals surface area contributed by atoms with E-state index in [4.69, 9.17) is 4.74 Å². The summed E-state index contributed by atoms with van der Waals surface area (Å²) in [5.41, 5.74) is 1.18. The first-order valence-electron chi connectivity index (χ1n) is 7.35.